The van der Waals surface area contributed by atoms with Crippen molar-refractivity contribution in [1.29, 1.82) is 0 Å². The van der Waals surface area contributed by atoms with Gasteiger partial charge in [0.1, 0.15) is 5.75 Å². The van der Waals surface area contributed by atoms with Crippen molar-refractivity contribution in [2.45, 2.75) is 6.61 Å². The van der Waals surface area contributed by atoms with E-state index in [1.165, 1.54) is 7.11 Å². The van der Waals surface area contributed by atoms with Gasteiger partial charge >= 0.3 is 0 Å². The fourth-order valence-corrected chi connectivity index (χ4v) is 1.42. The van der Waals surface area contributed by atoms with Crippen molar-refractivity contribution in [1.82, 2.24) is 0 Å². The molecule has 0 spiro atoms. The number of methoxy groups -OCH3 is 1. The van der Waals surface area contributed by atoms with Crippen LogP contribution in [0.4, 0.5) is 5.69 Å². The van der Waals surface area contributed by atoms with Gasteiger partial charge in [0, 0.05) is 11.3 Å². The van der Waals surface area contributed by atoms with Crippen molar-refractivity contribution >= 4 is 15.8 Å². The van der Waals surface area contributed by atoms with Gasteiger partial charge in [0.15, 0.2) is 0 Å². The molecule has 0 heterocycles. The highest BCUT2D eigenvalue weighted by Crippen LogP contribution is 2.22. The number of ether oxygens (including phenoxy) is 1. The van der Waals surface area contributed by atoms with Gasteiger partial charge < -0.3 is 10.5 Å². The molecule has 0 unspecified atom stereocenters. The summed E-state index contributed by atoms with van der Waals surface area (Å²) in [6.07, 6.45) is 0.992. The highest BCUT2D eigenvalue weighted by Gasteiger charge is 2.07. The number of nitrogens with two attached hydrogens (primary N) is 1. The van der Waals surface area contributed by atoms with Crippen molar-refractivity contribution in [2.24, 2.45) is 0 Å². The molecule has 0 aromatic heterocycles. The predicted molar refractivity (Wildman–Crippen MR) is 57.0 cm³/mol. The molecule has 0 fully saturated rings. The number of anilines is 1. The van der Waals surface area contributed by atoms with Gasteiger partial charge in [0.25, 0.3) is 10.1 Å². The molecule has 0 aliphatic heterocycles. The zero-order valence-electron chi connectivity index (χ0n) is 8.56. The monoisotopic (exact) mass is 231 g/mol. The summed E-state index contributed by atoms with van der Waals surface area (Å²) in [7, 11) is -1.96. The summed E-state index contributed by atoms with van der Waals surface area (Å²) in [5.74, 6) is 0.549. The van der Waals surface area contributed by atoms with Gasteiger partial charge in [0.05, 0.1) is 20.0 Å². The zero-order chi connectivity index (χ0) is 11.5. The summed E-state index contributed by atoms with van der Waals surface area (Å²) in [6.45, 7) is -0.0763. The van der Waals surface area contributed by atoms with Gasteiger partial charge in [-0.15, -0.1) is 0 Å². The van der Waals surface area contributed by atoms with E-state index in [2.05, 4.69) is 4.18 Å². The van der Waals surface area contributed by atoms with Crippen molar-refractivity contribution in [3.63, 3.8) is 0 Å². The molecule has 1 aromatic rings. The standard InChI is InChI=1S/C9H13NO4S/c1-13-9-4-3-8(10)5-7(9)6-14-15(2,11)12/h3-5H,6,10H2,1-2H3. The fourth-order valence-electron chi connectivity index (χ4n) is 1.08. The maximum atomic E-state index is 10.8. The van der Waals surface area contributed by atoms with Gasteiger partial charge in [-0.2, -0.15) is 8.42 Å². The Morgan fingerprint density at radius 2 is 2.07 bits per heavy atom. The summed E-state index contributed by atoms with van der Waals surface area (Å²) < 4.78 is 31.3. The summed E-state index contributed by atoms with van der Waals surface area (Å²) in [4.78, 5) is 0. The lowest BCUT2D eigenvalue weighted by atomic mass is 10.2. The number of hydrogen-bond donors (Lipinski definition) is 1. The van der Waals surface area contributed by atoms with Crippen molar-refractivity contribution < 1.29 is 17.3 Å². The lowest BCUT2D eigenvalue weighted by Gasteiger charge is -2.08. The van der Waals surface area contributed by atoms with Crippen LogP contribution in [0, 0.1) is 0 Å². The smallest absolute Gasteiger partial charge is 0.264 e. The number of benzene rings is 1. The first kappa shape index (κ1) is 11.8. The molecule has 84 valence electrons. The zero-order valence-corrected chi connectivity index (χ0v) is 9.37. The quantitative estimate of drug-likeness (QED) is 0.611. The third kappa shape index (κ3) is 3.77. The maximum Gasteiger partial charge on any atom is 0.264 e. The van der Waals surface area contributed by atoms with Crippen LogP contribution >= 0.6 is 0 Å². The van der Waals surface area contributed by atoms with Crippen LogP contribution in [0.2, 0.25) is 0 Å². The van der Waals surface area contributed by atoms with Crippen LogP contribution in [-0.2, 0) is 20.9 Å². The van der Waals surface area contributed by atoms with Gasteiger partial charge in [-0.3, -0.25) is 4.18 Å². The Kier molecular flexibility index (Phi) is 3.54. The summed E-state index contributed by atoms with van der Waals surface area (Å²) in [5, 5.41) is 0. The van der Waals surface area contributed by atoms with E-state index in [9.17, 15) is 8.42 Å². The molecule has 0 bridgehead atoms. The SMILES string of the molecule is COc1ccc(N)cc1COS(C)(=O)=O. The Labute approximate surface area is 88.9 Å². The van der Waals surface area contributed by atoms with Crippen molar-refractivity contribution in [3.05, 3.63) is 23.8 Å². The van der Waals surface area contributed by atoms with E-state index in [1.54, 1.807) is 18.2 Å². The molecule has 0 aliphatic rings. The van der Waals surface area contributed by atoms with Gasteiger partial charge in [-0.25, -0.2) is 0 Å². The van der Waals surface area contributed by atoms with Crippen molar-refractivity contribution in [3.8, 4) is 5.75 Å². The van der Waals surface area contributed by atoms with E-state index in [0.29, 0.717) is 17.0 Å². The van der Waals surface area contributed by atoms with E-state index < -0.39 is 10.1 Å². The second-order valence-corrected chi connectivity index (χ2v) is 4.68. The average molecular weight is 231 g/mol. The lowest BCUT2D eigenvalue weighted by molar-refractivity contribution is 0.302. The minimum Gasteiger partial charge on any atom is -0.496 e. The highest BCUT2D eigenvalue weighted by molar-refractivity contribution is 7.85. The first-order valence-electron chi connectivity index (χ1n) is 4.19. The first-order valence-corrected chi connectivity index (χ1v) is 6.01. The topological polar surface area (TPSA) is 78.6 Å². The molecule has 0 aliphatic carbocycles. The molecule has 0 amide bonds. The molecule has 6 heteroatoms. The van der Waals surface area contributed by atoms with E-state index in [1.807, 2.05) is 0 Å². The largest absolute Gasteiger partial charge is 0.496 e. The average Bonchev–Trinajstić information content (AvgIpc) is 2.14. The molecule has 0 saturated carbocycles. The highest BCUT2D eigenvalue weighted by atomic mass is 32.2. The third-order valence-electron chi connectivity index (χ3n) is 1.73. The number of hydrogen-bond acceptors (Lipinski definition) is 5. The Morgan fingerprint density at radius 1 is 1.40 bits per heavy atom. The van der Waals surface area contributed by atoms with E-state index in [-0.39, 0.29) is 6.61 Å². The van der Waals surface area contributed by atoms with Crippen LogP contribution < -0.4 is 10.5 Å². The second-order valence-electron chi connectivity index (χ2n) is 3.04. The number of nitrogen functional groups attached to an aromatic ring is 1. The Bertz CT molecular complexity index is 441. The Hall–Kier alpha value is -1.27. The van der Waals surface area contributed by atoms with E-state index >= 15 is 0 Å². The molecule has 1 aromatic carbocycles. The molecule has 1 rings (SSSR count). The van der Waals surface area contributed by atoms with Crippen LogP contribution in [0.25, 0.3) is 0 Å². The van der Waals surface area contributed by atoms with Gasteiger partial charge in [-0.1, -0.05) is 0 Å². The lowest BCUT2D eigenvalue weighted by Crippen LogP contribution is -2.04. The fraction of sp³-hybridized carbons (Fsp3) is 0.333. The second kappa shape index (κ2) is 4.50. The summed E-state index contributed by atoms with van der Waals surface area (Å²) in [5.41, 5.74) is 6.69. The minimum absolute atomic E-state index is 0.0763. The van der Waals surface area contributed by atoms with Crippen LogP contribution in [0.5, 0.6) is 5.75 Å². The van der Waals surface area contributed by atoms with Gasteiger partial charge in [0.2, 0.25) is 0 Å². The van der Waals surface area contributed by atoms with Crippen molar-refractivity contribution in [2.75, 3.05) is 19.1 Å². The molecule has 5 nitrogen and oxygen atoms in total. The summed E-state index contributed by atoms with van der Waals surface area (Å²) >= 11 is 0. The van der Waals surface area contributed by atoms with E-state index in [4.69, 9.17) is 10.5 Å². The molecule has 2 N–H and O–H groups in total. The van der Waals surface area contributed by atoms with E-state index in [0.717, 1.165) is 6.26 Å². The third-order valence-corrected chi connectivity index (χ3v) is 2.28. The summed E-state index contributed by atoms with van der Waals surface area (Å²) in [6, 6.07) is 4.95. The van der Waals surface area contributed by atoms with Gasteiger partial charge in [-0.05, 0) is 18.2 Å². The first-order chi connectivity index (χ1) is 6.92. The minimum atomic E-state index is -3.46. The molecule has 15 heavy (non-hydrogen) atoms. The normalized spacial score (nSPS) is 11.3. The molecule has 0 saturated heterocycles. The number of rotatable bonds is 4. The maximum absolute atomic E-state index is 10.8. The Balaban J connectivity index is 2.88. The van der Waals surface area contributed by atoms with Crippen LogP contribution in [0.3, 0.4) is 0 Å². The van der Waals surface area contributed by atoms with Crippen LogP contribution in [-0.4, -0.2) is 21.8 Å². The molecule has 0 atom stereocenters. The van der Waals surface area contributed by atoms with Crippen LogP contribution in [0.1, 0.15) is 5.56 Å². The van der Waals surface area contributed by atoms with Crippen LogP contribution in [0.15, 0.2) is 18.2 Å². The molecule has 0 radical (unpaired) electrons. The Morgan fingerprint density at radius 3 is 2.60 bits per heavy atom. The molecular formula is C9H13NO4S. The predicted octanol–water partition coefficient (Wildman–Crippen LogP) is 0.754. The molecular weight excluding hydrogens is 218 g/mol.